The second kappa shape index (κ2) is 11.0. The maximum atomic E-state index is 11.9. The summed E-state index contributed by atoms with van der Waals surface area (Å²) in [6.45, 7) is 4.46. The summed E-state index contributed by atoms with van der Waals surface area (Å²) in [5, 5.41) is 24.1. The van der Waals surface area contributed by atoms with Crippen molar-refractivity contribution in [2.24, 2.45) is 11.7 Å². The third-order valence-corrected chi connectivity index (χ3v) is 3.24. The van der Waals surface area contributed by atoms with Gasteiger partial charge in [0, 0.05) is 0 Å². The van der Waals surface area contributed by atoms with E-state index in [4.69, 9.17) is 15.9 Å². The van der Waals surface area contributed by atoms with Gasteiger partial charge in [-0.2, -0.15) is 0 Å². The number of nitrogens with two attached hydrogens (primary N) is 1. The molecule has 3 amide bonds. The van der Waals surface area contributed by atoms with Crippen LogP contribution in [0.25, 0.3) is 0 Å². The Hall–Kier alpha value is -2.69. The van der Waals surface area contributed by atoms with Crippen LogP contribution in [0.2, 0.25) is 0 Å². The van der Waals surface area contributed by atoms with Crippen molar-refractivity contribution in [2.75, 3.05) is 6.54 Å². The van der Waals surface area contributed by atoms with E-state index in [1.54, 1.807) is 0 Å². The summed E-state index contributed by atoms with van der Waals surface area (Å²) in [4.78, 5) is 57.1. The Balaban J connectivity index is 4.68. The smallest absolute Gasteiger partial charge is 0.325 e. The van der Waals surface area contributed by atoms with Gasteiger partial charge in [-0.15, -0.1) is 0 Å². The monoisotopic (exact) mass is 374 g/mol. The average Bonchev–Trinajstić information content (AvgIpc) is 2.50. The number of carboxylic acid groups (broad SMARTS) is 2. The van der Waals surface area contributed by atoms with Gasteiger partial charge < -0.3 is 31.9 Å². The molecule has 0 aliphatic heterocycles. The third kappa shape index (κ3) is 9.57. The summed E-state index contributed by atoms with van der Waals surface area (Å²) in [5.74, 6) is -4.81. The highest BCUT2D eigenvalue weighted by molar-refractivity contribution is 5.94. The topological polar surface area (TPSA) is 188 Å². The molecule has 0 aliphatic rings. The van der Waals surface area contributed by atoms with Crippen LogP contribution in [0, 0.1) is 5.92 Å². The normalized spacial score (nSPS) is 14.0. The fourth-order valence-corrected chi connectivity index (χ4v) is 1.92. The van der Waals surface area contributed by atoms with Crippen molar-refractivity contribution in [3.8, 4) is 0 Å². The maximum Gasteiger partial charge on any atom is 0.325 e. The first kappa shape index (κ1) is 23.3. The van der Waals surface area contributed by atoms with E-state index in [1.165, 1.54) is 6.92 Å². The predicted octanol–water partition coefficient (Wildman–Crippen LogP) is -1.98. The van der Waals surface area contributed by atoms with Gasteiger partial charge in [-0.05, 0) is 19.3 Å². The number of hydrogen-bond donors (Lipinski definition) is 6. The zero-order valence-corrected chi connectivity index (χ0v) is 14.9. The highest BCUT2D eigenvalue weighted by Crippen LogP contribution is 2.02. The van der Waals surface area contributed by atoms with E-state index in [9.17, 15) is 24.0 Å². The summed E-state index contributed by atoms with van der Waals surface area (Å²) in [7, 11) is 0. The van der Waals surface area contributed by atoms with E-state index in [0.717, 1.165) is 0 Å². The Morgan fingerprint density at radius 1 is 0.962 bits per heavy atom. The molecule has 0 aromatic rings. The Morgan fingerprint density at radius 3 is 2.00 bits per heavy atom. The first-order valence-corrected chi connectivity index (χ1v) is 8.01. The summed E-state index contributed by atoms with van der Waals surface area (Å²) in [6.07, 6.45) is -0.324. The van der Waals surface area contributed by atoms with Gasteiger partial charge in [-0.25, -0.2) is 0 Å². The number of carbonyl (C=O) groups excluding carboxylic acids is 3. The minimum atomic E-state index is -1.48. The molecular formula is C15H26N4O7. The molecule has 11 nitrogen and oxygen atoms in total. The molecule has 0 heterocycles. The summed E-state index contributed by atoms with van der Waals surface area (Å²) >= 11 is 0. The van der Waals surface area contributed by atoms with Gasteiger partial charge in [0.1, 0.15) is 12.1 Å². The lowest BCUT2D eigenvalue weighted by Gasteiger charge is -2.19. The number of hydrogen-bond acceptors (Lipinski definition) is 6. The Bertz CT molecular complexity index is 550. The number of nitrogens with one attached hydrogen (secondary N) is 3. The molecule has 0 radical (unpaired) electrons. The average molecular weight is 374 g/mol. The molecule has 26 heavy (non-hydrogen) atoms. The van der Waals surface area contributed by atoms with E-state index >= 15 is 0 Å². The fraction of sp³-hybridized carbons (Fsp3) is 0.667. The Morgan fingerprint density at radius 2 is 1.54 bits per heavy atom. The number of amides is 3. The number of aliphatic carboxylic acids is 2. The first-order valence-electron chi connectivity index (χ1n) is 8.01. The second-order valence-corrected chi connectivity index (χ2v) is 6.24. The molecule has 0 fully saturated rings. The zero-order valence-electron chi connectivity index (χ0n) is 14.9. The van der Waals surface area contributed by atoms with E-state index < -0.39 is 60.8 Å². The minimum absolute atomic E-state index is 0.185. The molecule has 148 valence electrons. The number of carbonyl (C=O) groups is 5. The fourth-order valence-electron chi connectivity index (χ4n) is 1.92. The SMILES string of the molecule is CC(C)CC(N)C(=O)NCC(=O)NC(CC(=O)O)C(=O)NC(C)C(=O)O. The lowest BCUT2D eigenvalue weighted by atomic mass is 10.0. The lowest BCUT2D eigenvalue weighted by molar-refractivity contribution is -0.143. The molecule has 3 atom stereocenters. The van der Waals surface area contributed by atoms with E-state index in [0.29, 0.717) is 6.42 Å². The predicted molar refractivity (Wildman–Crippen MR) is 89.9 cm³/mol. The molecule has 0 aliphatic carbocycles. The first-order chi connectivity index (χ1) is 11.9. The van der Waals surface area contributed by atoms with E-state index in [1.807, 2.05) is 13.8 Å². The molecule has 7 N–H and O–H groups in total. The third-order valence-electron chi connectivity index (χ3n) is 3.24. The number of rotatable bonds is 11. The molecule has 0 aromatic heterocycles. The highest BCUT2D eigenvalue weighted by Gasteiger charge is 2.26. The second-order valence-electron chi connectivity index (χ2n) is 6.24. The van der Waals surface area contributed by atoms with Crippen molar-refractivity contribution < 1.29 is 34.2 Å². The van der Waals surface area contributed by atoms with Crippen LogP contribution < -0.4 is 21.7 Å². The quantitative estimate of drug-likeness (QED) is 0.240. The van der Waals surface area contributed by atoms with Gasteiger partial charge in [0.25, 0.3) is 0 Å². The highest BCUT2D eigenvalue weighted by atomic mass is 16.4. The lowest BCUT2D eigenvalue weighted by Crippen LogP contribution is -2.53. The van der Waals surface area contributed by atoms with Crippen LogP contribution in [-0.2, 0) is 24.0 Å². The van der Waals surface area contributed by atoms with Gasteiger partial charge in [-0.3, -0.25) is 24.0 Å². The van der Waals surface area contributed by atoms with Crippen LogP contribution in [0.4, 0.5) is 0 Å². The molecule has 0 spiro atoms. The van der Waals surface area contributed by atoms with Crippen molar-refractivity contribution in [1.82, 2.24) is 16.0 Å². The van der Waals surface area contributed by atoms with Crippen LogP contribution >= 0.6 is 0 Å². The molecule has 3 unspecified atom stereocenters. The van der Waals surface area contributed by atoms with Crippen LogP contribution in [0.1, 0.15) is 33.6 Å². The molecular weight excluding hydrogens is 348 g/mol. The van der Waals surface area contributed by atoms with Crippen LogP contribution in [0.15, 0.2) is 0 Å². The summed E-state index contributed by atoms with van der Waals surface area (Å²) < 4.78 is 0. The van der Waals surface area contributed by atoms with Crippen molar-refractivity contribution >= 4 is 29.7 Å². The minimum Gasteiger partial charge on any atom is -0.481 e. The summed E-state index contributed by atoms with van der Waals surface area (Å²) in [5.41, 5.74) is 5.66. The Labute approximate surface area is 150 Å². The van der Waals surface area contributed by atoms with Crippen molar-refractivity contribution in [3.63, 3.8) is 0 Å². The summed E-state index contributed by atoms with van der Waals surface area (Å²) in [6, 6.07) is -3.54. The molecule has 0 saturated heterocycles. The van der Waals surface area contributed by atoms with Crippen molar-refractivity contribution in [3.05, 3.63) is 0 Å². The molecule has 0 saturated carbocycles. The Kier molecular flexibility index (Phi) is 9.89. The molecule has 0 aromatic carbocycles. The molecule has 11 heteroatoms. The van der Waals surface area contributed by atoms with Gasteiger partial charge in [-0.1, -0.05) is 13.8 Å². The van der Waals surface area contributed by atoms with Crippen LogP contribution in [0.5, 0.6) is 0 Å². The maximum absolute atomic E-state index is 11.9. The van der Waals surface area contributed by atoms with E-state index in [2.05, 4.69) is 16.0 Å². The van der Waals surface area contributed by atoms with Crippen molar-refractivity contribution in [2.45, 2.75) is 51.7 Å². The number of carboxylic acids is 2. The van der Waals surface area contributed by atoms with Crippen LogP contribution in [0.3, 0.4) is 0 Å². The van der Waals surface area contributed by atoms with Crippen LogP contribution in [-0.4, -0.2) is 64.5 Å². The van der Waals surface area contributed by atoms with Gasteiger partial charge in [0.2, 0.25) is 17.7 Å². The molecule has 0 rings (SSSR count). The standard InChI is InChI=1S/C15H26N4O7/c1-7(2)4-9(16)13(23)17-6-11(20)19-10(5-12(21)22)14(24)18-8(3)15(25)26/h7-10H,4-6,16H2,1-3H3,(H,17,23)(H,18,24)(H,19,20)(H,21,22)(H,25,26). The van der Waals surface area contributed by atoms with Gasteiger partial charge >= 0.3 is 11.9 Å². The van der Waals surface area contributed by atoms with Gasteiger partial charge in [0.05, 0.1) is 19.0 Å². The van der Waals surface area contributed by atoms with Gasteiger partial charge in [0.15, 0.2) is 0 Å². The molecule has 0 bridgehead atoms. The van der Waals surface area contributed by atoms with E-state index in [-0.39, 0.29) is 5.92 Å². The van der Waals surface area contributed by atoms with Crippen molar-refractivity contribution in [1.29, 1.82) is 0 Å². The zero-order chi connectivity index (χ0) is 20.4. The largest absolute Gasteiger partial charge is 0.481 e.